The van der Waals surface area contributed by atoms with Gasteiger partial charge in [-0.3, -0.25) is 9.80 Å². The minimum atomic E-state index is -4.51. The number of aliphatic hydroxyl groups excluding tert-OH is 1. The van der Waals surface area contributed by atoms with Gasteiger partial charge < -0.3 is 9.84 Å². The first kappa shape index (κ1) is 26.7. The Morgan fingerprint density at radius 2 is 1.48 bits per heavy atom. The first-order valence-corrected chi connectivity index (χ1v) is 13.8. The molecule has 40 heavy (non-hydrogen) atoms. The van der Waals surface area contributed by atoms with Crippen LogP contribution in [0.15, 0.2) is 78.9 Å². The molecule has 3 aromatic carbocycles. The lowest BCUT2D eigenvalue weighted by Crippen LogP contribution is -2.50. The summed E-state index contributed by atoms with van der Waals surface area (Å²) in [6.07, 6.45) is -3.14. The van der Waals surface area contributed by atoms with Gasteiger partial charge in [-0.2, -0.15) is 13.2 Å². The fourth-order valence-electron chi connectivity index (χ4n) is 6.04. The molecule has 0 spiro atoms. The Morgan fingerprint density at radius 3 is 2.12 bits per heavy atom. The highest BCUT2D eigenvalue weighted by molar-refractivity contribution is 5.85. The summed E-state index contributed by atoms with van der Waals surface area (Å²) in [7, 11) is 0. The molecule has 2 aliphatic rings. The molecule has 0 bridgehead atoms. The lowest BCUT2D eigenvalue weighted by atomic mass is 9.92. The van der Waals surface area contributed by atoms with Crippen LogP contribution in [0, 0.1) is 0 Å². The molecule has 2 heterocycles. The van der Waals surface area contributed by atoms with Crippen molar-refractivity contribution in [2.45, 2.75) is 31.2 Å². The number of hydrogen-bond donors (Lipinski definition) is 1. The number of fused-ring (bicyclic) bond motifs is 3. The molecule has 1 unspecified atom stereocenters. The lowest BCUT2D eigenvalue weighted by Gasteiger charge is -2.40. The lowest BCUT2D eigenvalue weighted by molar-refractivity contribution is -0.140. The maximum atomic E-state index is 13.0. The molecular weight excluding hydrogens is 515 g/mol. The molecule has 1 aliphatic carbocycles. The molecule has 4 aromatic rings. The molecule has 8 heteroatoms. The Kier molecular flexibility index (Phi) is 7.49. The average molecular weight is 548 g/mol. The standard InChI is InChI=1S/C32H32F3N3O2/c33-32(34,35)30-15-14-27-28(36-30)10-5-11-29(27)40-21-24(39)20-37-16-18-38(19-17-37)31-25-8-3-1-6-22(25)12-13-23-7-2-4-9-26(23)31/h1-11,14-15,24,31,39H,12-13,16-21H2. The van der Waals surface area contributed by atoms with E-state index in [9.17, 15) is 18.3 Å². The minimum absolute atomic E-state index is 0.0454. The van der Waals surface area contributed by atoms with Crippen molar-refractivity contribution in [2.24, 2.45) is 0 Å². The molecule has 1 fully saturated rings. The Morgan fingerprint density at radius 1 is 0.825 bits per heavy atom. The van der Waals surface area contributed by atoms with Crippen molar-refractivity contribution >= 4 is 10.9 Å². The molecule has 1 atom stereocenters. The quantitative estimate of drug-likeness (QED) is 0.346. The summed E-state index contributed by atoms with van der Waals surface area (Å²) in [4.78, 5) is 8.53. The number of pyridine rings is 1. The number of halogens is 3. The van der Waals surface area contributed by atoms with E-state index in [2.05, 4.69) is 63.3 Å². The maximum Gasteiger partial charge on any atom is 0.433 e. The molecule has 1 aromatic heterocycles. The number of aliphatic hydroxyl groups is 1. The second kappa shape index (κ2) is 11.2. The van der Waals surface area contributed by atoms with Crippen LogP contribution in [0.4, 0.5) is 13.2 Å². The number of benzene rings is 3. The predicted molar refractivity (Wildman–Crippen MR) is 148 cm³/mol. The number of aromatic nitrogens is 1. The van der Waals surface area contributed by atoms with Gasteiger partial charge in [0, 0.05) is 38.1 Å². The number of nitrogens with zero attached hydrogens (tertiary/aromatic N) is 3. The summed E-state index contributed by atoms with van der Waals surface area (Å²) in [6.45, 7) is 3.94. The molecule has 6 rings (SSSR count). The number of β-amino-alcohol motifs (C(OH)–C–C–N with tert-alkyl or cyclic N) is 1. The normalized spacial score (nSPS) is 17.7. The molecule has 1 N–H and O–H groups in total. The van der Waals surface area contributed by atoms with Crippen LogP contribution >= 0.6 is 0 Å². The van der Waals surface area contributed by atoms with Crippen molar-refractivity contribution in [3.63, 3.8) is 0 Å². The molecule has 5 nitrogen and oxygen atoms in total. The molecule has 208 valence electrons. The highest BCUT2D eigenvalue weighted by Crippen LogP contribution is 2.37. The van der Waals surface area contributed by atoms with E-state index in [1.807, 2.05) is 0 Å². The number of alkyl halides is 3. The number of aryl methyl sites for hydroxylation is 2. The molecule has 1 saturated heterocycles. The van der Waals surface area contributed by atoms with E-state index >= 15 is 0 Å². The zero-order valence-electron chi connectivity index (χ0n) is 22.1. The Bertz CT molecular complexity index is 1440. The number of ether oxygens (including phenoxy) is 1. The third-order valence-electron chi connectivity index (χ3n) is 8.02. The highest BCUT2D eigenvalue weighted by atomic mass is 19.4. The van der Waals surface area contributed by atoms with Gasteiger partial charge in [-0.25, -0.2) is 4.98 Å². The Balaban J connectivity index is 1.08. The summed E-state index contributed by atoms with van der Waals surface area (Å²) in [5.41, 5.74) is 4.88. The molecule has 1 aliphatic heterocycles. The Labute approximate surface area is 231 Å². The highest BCUT2D eigenvalue weighted by Gasteiger charge is 2.33. The first-order valence-electron chi connectivity index (χ1n) is 13.8. The van der Waals surface area contributed by atoms with Crippen LogP contribution in [0.3, 0.4) is 0 Å². The van der Waals surface area contributed by atoms with Crippen molar-refractivity contribution in [3.8, 4) is 5.75 Å². The smallest absolute Gasteiger partial charge is 0.433 e. The average Bonchev–Trinajstić information content (AvgIpc) is 3.13. The van der Waals surface area contributed by atoms with Crippen LogP contribution in [0.25, 0.3) is 10.9 Å². The molecule has 0 amide bonds. The van der Waals surface area contributed by atoms with Crippen molar-refractivity contribution in [2.75, 3.05) is 39.3 Å². The van der Waals surface area contributed by atoms with Crippen molar-refractivity contribution in [1.29, 1.82) is 0 Å². The SMILES string of the molecule is OC(COc1cccc2nc(C(F)(F)F)ccc12)CN1CCN(C2c3ccccc3CCc3ccccc32)CC1. The van der Waals surface area contributed by atoms with E-state index in [0.29, 0.717) is 17.7 Å². The van der Waals surface area contributed by atoms with Gasteiger partial charge >= 0.3 is 6.18 Å². The monoisotopic (exact) mass is 547 g/mol. The van der Waals surface area contributed by atoms with Crippen LogP contribution in [0.1, 0.15) is 34.0 Å². The van der Waals surface area contributed by atoms with Gasteiger partial charge in [-0.1, -0.05) is 54.6 Å². The first-order chi connectivity index (χ1) is 19.4. The number of piperazine rings is 1. The number of rotatable bonds is 6. The fraction of sp³-hybridized carbons (Fsp3) is 0.344. The zero-order chi connectivity index (χ0) is 27.7. The fourth-order valence-corrected chi connectivity index (χ4v) is 6.04. The van der Waals surface area contributed by atoms with Gasteiger partial charge in [0.1, 0.15) is 24.2 Å². The summed E-state index contributed by atoms with van der Waals surface area (Å²) < 4.78 is 45.0. The van der Waals surface area contributed by atoms with Crippen LogP contribution < -0.4 is 4.74 Å². The van der Waals surface area contributed by atoms with Crippen molar-refractivity contribution < 1.29 is 23.0 Å². The summed E-state index contributed by atoms with van der Waals surface area (Å²) in [6, 6.07) is 24.9. The van der Waals surface area contributed by atoms with Gasteiger partial charge in [-0.05, 0) is 59.4 Å². The third-order valence-corrected chi connectivity index (χ3v) is 8.02. The second-order valence-electron chi connectivity index (χ2n) is 10.6. The van der Waals surface area contributed by atoms with Gasteiger partial charge in [0.15, 0.2) is 0 Å². The van der Waals surface area contributed by atoms with Gasteiger partial charge in [-0.15, -0.1) is 0 Å². The molecule has 0 radical (unpaired) electrons. The van der Waals surface area contributed by atoms with E-state index < -0.39 is 18.0 Å². The van der Waals surface area contributed by atoms with Crippen LogP contribution in [-0.2, 0) is 19.0 Å². The number of hydrogen-bond acceptors (Lipinski definition) is 5. The summed E-state index contributed by atoms with van der Waals surface area (Å²) >= 11 is 0. The van der Waals surface area contributed by atoms with E-state index in [0.717, 1.165) is 45.1 Å². The van der Waals surface area contributed by atoms with Gasteiger partial charge in [0.2, 0.25) is 0 Å². The van der Waals surface area contributed by atoms with Gasteiger partial charge in [0.25, 0.3) is 0 Å². The minimum Gasteiger partial charge on any atom is -0.490 e. The third kappa shape index (κ3) is 5.57. The second-order valence-corrected chi connectivity index (χ2v) is 10.6. The summed E-state index contributed by atoms with van der Waals surface area (Å²) in [5, 5.41) is 11.2. The summed E-state index contributed by atoms with van der Waals surface area (Å²) in [5.74, 6) is 0.410. The van der Waals surface area contributed by atoms with E-state index in [-0.39, 0.29) is 18.2 Å². The molecule has 0 saturated carbocycles. The van der Waals surface area contributed by atoms with Gasteiger partial charge in [0.05, 0.1) is 11.6 Å². The topological polar surface area (TPSA) is 48.8 Å². The van der Waals surface area contributed by atoms with Crippen LogP contribution in [0.5, 0.6) is 5.75 Å². The predicted octanol–water partition coefficient (Wildman–Crippen LogP) is 5.50. The van der Waals surface area contributed by atoms with E-state index in [1.54, 1.807) is 12.1 Å². The van der Waals surface area contributed by atoms with Crippen molar-refractivity contribution in [3.05, 3.63) is 107 Å². The largest absolute Gasteiger partial charge is 0.490 e. The van der Waals surface area contributed by atoms with Crippen LogP contribution in [0.2, 0.25) is 0 Å². The van der Waals surface area contributed by atoms with E-state index in [1.165, 1.54) is 34.4 Å². The molecular formula is C32H32F3N3O2. The van der Waals surface area contributed by atoms with E-state index in [4.69, 9.17) is 4.74 Å². The zero-order valence-corrected chi connectivity index (χ0v) is 22.1. The Hall–Kier alpha value is -3.46. The van der Waals surface area contributed by atoms with Crippen molar-refractivity contribution in [1.82, 2.24) is 14.8 Å². The van der Waals surface area contributed by atoms with Crippen LogP contribution in [-0.4, -0.2) is 65.3 Å². The maximum absolute atomic E-state index is 13.0.